The molecule has 6 heteroatoms. The minimum Gasteiger partial charge on any atom is -0.481 e. The number of amides is 2. The van der Waals surface area contributed by atoms with E-state index < -0.39 is 6.10 Å². The molecule has 154 valence electrons. The topological polar surface area (TPSA) is 75.9 Å². The number of benzene rings is 1. The summed E-state index contributed by atoms with van der Waals surface area (Å²) in [7, 11) is 0. The molecule has 2 aliphatic rings. The zero-order chi connectivity index (χ0) is 20.1. The van der Waals surface area contributed by atoms with Crippen molar-refractivity contribution in [3.63, 3.8) is 0 Å². The molecule has 2 fully saturated rings. The normalized spacial score (nSPS) is 24.0. The van der Waals surface area contributed by atoms with Crippen molar-refractivity contribution in [2.75, 3.05) is 26.2 Å². The van der Waals surface area contributed by atoms with Gasteiger partial charge >= 0.3 is 0 Å². The van der Waals surface area contributed by atoms with E-state index in [0.29, 0.717) is 31.9 Å². The van der Waals surface area contributed by atoms with Crippen molar-refractivity contribution in [1.29, 1.82) is 0 Å². The lowest BCUT2D eigenvalue weighted by Gasteiger charge is -2.38. The molecule has 3 unspecified atom stereocenters. The number of aryl methyl sites for hydroxylation is 1. The van der Waals surface area contributed by atoms with Crippen molar-refractivity contribution in [2.45, 2.75) is 58.1 Å². The van der Waals surface area contributed by atoms with Gasteiger partial charge in [-0.15, -0.1) is 0 Å². The average Bonchev–Trinajstić information content (AvgIpc) is 2.73. The Morgan fingerprint density at radius 3 is 2.36 bits per heavy atom. The fourth-order valence-corrected chi connectivity index (χ4v) is 4.17. The zero-order valence-electron chi connectivity index (χ0n) is 17.1. The fraction of sp³-hybridized carbons (Fsp3) is 0.636. The summed E-state index contributed by atoms with van der Waals surface area (Å²) in [5, 5.41) is 0. The van der Waals surface area contributed by atoms with Gasteiger partial charge in [-0.05, 0) is 50.3 Å². The van der Waals surface area contributed by atoms with E-state index in [1.807, 2.05) is 34.1 Å². The van der Waals surface area contributed by atoms with Crippen LogP contribution in [0.1, 0.15) is 45.1 Å². The molecular formula is C22H33N3O3. The Kier molecular flexibility index (Phi) is 6.94. The average molecular weight is 388 g/mol. The summed E-state index contributed by atoms with van der Waals surface area (Å²) in [5.41, 5.74) is 7.27. The van der Waals surface area contributed by atoms with Crippen LogP contribution < -0.4 is 10.5 Å². The summed E-state index contributed by atoms with van der Waals surface area (Å²) in [5.74, 6) is 0.953. The standard InChI is InChI=1S/C22H33N3O3/c1-3-17-7-9-20(10-8-17)28-16(2)21(26)24-11-13-25(14-12-24)22(27)18-5-4-6-19(23)15-18/h7-10,16,18-19H,3-6,11-15,23H2,1-2H3. The van der Waals surface area contributed by atoms with Gasteiger partial charge in [0.05, 0.1) is 0 Å². The summed E-state index contributed by atoms with van der Waals surface area (Å²) in [6, 6.07) is 8.01. The van der Waals surface area contributed by atoms with E-state index in [2.05, 4.69) is 6.92 Å². The van der Waals surface area contributed by atoms with Crippen LogP contribution in [0.15, 0.2) is 24.3 Å². The molecule has 3 rings (SSSR count). The number of hydrogen-bond acceptors (Lipinski definition) is 4. The summed E-state index contributed by atoms with van der Waals surface area (Å²) in [4.78, 5) is 29.2. The van der Waals surface area contributed by atoms with Gasteiger partial charge in [-0.3, -0.25) is 9.59 Å². The molecule has 0 bridgehead atoms. The van der Waals surface area contributed by atoms with Crippen LogP contribution >= 0.6 is 0 Å². The molecule has 3 atom stereocenters. The predicted octanol–water partition coefficient (Wildman–Crippen LogP) is 2.20. The molecule has 1 heterocycles. The third-order valence-corrected chi connectivity index (χ3v) is 5.96. The van der Waals surface area contributed by atoms with Gasteiger partial charge in [-0.2, -0.15) is 0 Å². The highest BCUT2D eigenvalue weighted by atomic mass is 16.5. The van der Waals surface area contributed by atoms with Crippen LogP contribution in [-0.4, -0.2) is 59.9 Å². The summed E-state index contributed by atoms with van der Waals surface area (Å²) >= 11 is 0. The van der Waals surface area contributed by atoms with Crippen LogP contribution in [0.5, 0.6) is 5.75 Å². The van der Waals surface area contributed by atoms with E-state index in [1.165, 1.54) is 5.56 Å². The van der Waals surface area contributed by atoms with Crippen LogP contribution in [0.2, 0.25) is 0 Å². The number of piperazine rings is 1. The lowest BCUT2D eigenvalue weighted by atomic mass is 9.85. The monoisotopic (exact) mass is 387 g/mol. The molecule has 2 N–H and O–H groups in total. The maximum Gasteiger partial charge on any atom is 0.263 e. The number of carbonyl (C=O) groups excluding carboxylic acids is 2. The lowest BCUT2D eigenvalue weighted by Crippen LogP contribution is -2.54. The highest BCUT2D eigenvalue weighted by Gasteiger charge is 2.32. The number of hydrogen-bond donors (Lipinski definition) is 1. The van der Waals surface area contributed by atoms with E-state index in [0.717, 1.165) is 32.1 Å². The first kappa shape index (κ1) is 20.6. The Labute approximate surface area is 168 Å². The van der Waals surface area contributed by atoms with Gasteiger partial charge in [0.1, 0.15) is 5.75 Å². The number of carbonyl (C=O) groups is 2. The predicted molar refractivity (Wildman–Crippen MR) is 109 cm³/mol. The molecule has 1 aromatic carbocycles. The van der Waals surface area contributed by atoms with E-state index in [1.54, 1.807) is 6.92 Å². The first-order valence-corrected chi connectivity index (χ1v) is 10.6. The Morgan fingerprint density at radius 2 is 1.75 bits per heavy atom. The molecule has 0 radical (unpaired) electrons. The van der Waals surface area contributed by atoms with Gasteiger partial charge in [0.15, 0.2) is 6.10 Å². The highest BCUT2D eigenvalue weighted by Crippen LogP contribution is 2.25. The number of ether oxygens (including phenoxy) is 1. The minimum atomic E-state index is -0.536. The Hall–Kier alpha value is -2.08. The molecule has 1 saturated heterocycles. The molecule has 0 aromatic heterocycles. The van der Waals surface area contributed by atoms with Gasteiger partial charge in [0.2, 0.25) is 5.91 Å². The Balaban J connectivity index is 1.48. The van der Waals surface area contributed by atoms with Crippen molar-refractivity contribution in [2.24, 2.45) is 11.7 Å². The molecule has 1 aliphatic heterocycles. The van der Waals surface area contributed by atoms with Crippen LogP contribution in [0.3, 0.4) is 0 Å². The molecule has 0 spiro atoms. The lowest BCUT2D eigenvalue weighted by molar-refractivity contribution is -0.146. The highest BCUT2D eigenvalue weighted by molar-refractivity contribution is 5.82. The molecule has 1 saturated carbocycles. The summed E-state index contributed by atoms with van der Waals surface area (Å²) in [6.45, 7) is 6.20. The molecule has 6 nitrogen and oxygen atoms in total. The molecule has 1 aromatic rings. The first-order valence-electron chi connectivity index (χ1n) is 10.6. The second-order valence-corrected chi connectivity index (χ2v) is 8.03. The molecule has 28 heavy (non-hydrogen) atoms. The van der Waals surface area contributed by atoms with E-state index >= 15 is 0 Å². The van der Waals surface area contributed by atoms with Crippen molar-refractivity contribution in [3.05, 3.63) is 29.8 Å². The van der Waals surface area contributed by atoms with E-state index in [4.69, 9.17) is 10.5 Å². The van der Waals surface area contributed by atoms with Crippen molar-refractivity contribution >= 4 is 11.8 Å². The van der Waals surface area contributed by atoms with Gasteiger partial charge in [-0.1, -0.05) is 25.5 Å². The van der Waals surface area contributed by atoms with Crippen LogP contribution in [-0.2, 0) is 16.0 Å². The van der Waals surface area contributed by atoms with Crippen molar-refractivity contribution in [3.8, 4) is 5.75 Å². The smallest absolute Gasteiger partial charge is 0.263 e. The van der Waals surface area contributed by atoms with E-state index in [9.17, 15) is 9.59 Å². The molecule has 2 amide bonds. The van der Waals surface area contributed by atoms with Gasteiger partial charge in [0, 0.05) is 38.1 Å². The number of nitrogens with zero attached hydrogens (tertiary/aromatic N) is 2. The largest absolute Gasteiger partial charge is 0.481 e. The molecule has 1 aliphatic carbocycles. The van der Waals surface area contributed by atoms with E-state index in [-0.39, 0.29) is 23.8 Å². The van der Waals surface area contributed by atoms with Crippen LogP contribution in [0.25, 0.3) is 0 Å². The summed E-state index contributed by atoms with van der Waals surface area (Å²) < 4.78 is 5.82. The maximum absolute atomic E-state index is 12.7. The van der Waals surface area contributed by atoms with Crippen molar-refractivity contribution < 1.29 is 14.3 Å². The van der Waals surface area contributed by atoms with Crippen molar-refractivity contribution in [1.82, 2.24) is 9.80 Å². The third kappa shape index (κ3) is 5.04. The quantitative estimate of drug-likeness (QED) is 0.840. The third-order valence-electron chi connectivity index (χ3n) is 5.96. The fourth-order valence-electron chi connectivity index (χ4n) is 4.17. The first-order chi connectivity index (χ1) is 13.5. The summed E-state index contributed by atoms with van der Waals surface area (Å²) in [6.07, 6.45) is 4.22. The minimum absolute atomic E-state index is 0.0219. The van der Waals surface area contributed by atoms with Gasteiger partial charge < -0.3 is 20.3 Å². The number of nitrogens with two attached hydrogens (primary N) is 1. The van der Waals surface area contributed by atoms with Crippen LogP contribution in [0, 0.1) is 5.92 Å². The van der Waals surface area contributed by atoms with Gasteiger partial charge in [-0.25, -0.2) is 0 Å². The second-order valence-electron chi connectivity index (χ2n) is 8.03. The second kappa shape index (κ2) is 9.41. The Bertz CT molecular complexity index is 668. The van der Waals surface area contributed by atoms with Gasteiger partial charge in [0.25, 0.3) is 5.91 Å². The molecular weight excluding hydrogens is 354 g/mol. The Morgan fingerprint density at radius 1 is 1.11 bits per heavy atom. The number of rotatable bonds is 5. The zero-order valence-corrected chi connectivity index (χ0v) is 17.1. The van der Waals surface area contributed by atoms with Crippen LogP contribution in [0.4, 0.5) is 0 Å². The SMILES string of the molecule is CCc1ccc(OC(C)C(=O)N2CCN(C(=O)C3CCCC(N)C3)CC2)cc1. The maximum atomic E-state index is 12.7.